The maximum Gasteiger partial charge on any atom is 0.143 e. The summed E-state index contributed by atoms with van der Waals surface area (Å²) in [5.41, 5.74) is 20.5. The fourth-order valence-electron chi connectivity index (χ4n) is 9.82. The molecule has 2 aliphatic rings. The molecule has 0 aliphatic heterocycles. The van der Waals surface area contributed by atoms with Gasteiger partial charge < -0.3 is 9.32 Å². The minimum absolute atomic E-state index is 0.0475. The summed E-state index contributed by atoms with van der Waals surface area (Å²) < 4.78 is 6.53. The summed E-state index contributed by atoms with van der Waals surface area (Å²) in [6, 6.07) is 64.5. The summed E-state index contributed by atoms with van der Waals surface area (Å²) in [5, 5.41) is 2.27. The second kappa shape index (κ2) is 11.9. The van der Waals surface area contributed by atoms with Crippen molar-refractivity contribution in [3.63, 3.8) is 0 Å². The van der Waals surface area contributed by atoms with Crippen LogP contribution in [-0.4, -0.2) is 0 Å². The van der Waals surface area contributed by atoms with Crippen molar-refractivity contribution in [1.82, 2.24) is 0 Å². The average molecular weight is 720 g/mol. The van der Waals surface area contributed by atoms with Crippen molar-refractivity contribution >= 4 is 39.0 Å². The van der Waals surface area contributed by atoms with Crippen molar-refractivity contribution in [2.45, 2.75) is 38.5 Å². The fraction of sp³-hybridized carbons (Fsp3) is 0.111. The number of fused-ring (bicyclic) bond motifs is 9. The zero-order chi connectivity index (χ0) is 37.8. The molecule has 0 atom stereocenters. The van der Waals surface area contributed by atoms with Gasteiger partial charge in [-0.25, -0.2) is 0 Å². The third-order valence-corrected chi connectivity index (χ3v) is 12.7. The lowest BCUT2D eigenvalue weighted by atomic mass is 9.81. The molecule has 0 amide bonds. The number of nitrogens with zero attached hydrogens (tertiary/aromatic N) is 1. The van der Waals surface area contributed by atoms with Crippen molar-refractivity contribution in [3.05, 3.63) is 198 Å². The SMILES string of the molecule is CC1(C)c2ccccc2-c2ccc(-c3ccc(N(c4cccc(-c5cccc6c5oc5ccccc56)c4)c4cccc5c4-c4ccccc4C5(C)C)cc3)cc21. The van der Waals surface area contributed by atoms with Gasteiger partial charge in [0.05, 0.1) is 5.69 Å². The first-order chi connectivity index (χ1) is 27.3. The van der Waals surface area contributed by atoms with Crippen LogP contribution in [0, 0.1) is 0 Å². The van der Waals surface area contributed by atoms with Gasteiger partial charge in [-0.1, -0.05) is 161 Å². The summed E-state index contributed by atoms with van der Waals surface area (Å²) in [4.78, 5) is 2.45. The number of furan rings is 1. The normalized spacial score (nSPS) is 14.4. The number of rotatable bonds is 5. The highest BCUT2D eigenvalue weighted by atomic mass is 16.3. The van der Waals surface area contributed by atoms with E-state index in [2.05, 4.69) is 202 Å². The highest BCUT2D eigenvalue weighted by molar-refractivity contribution is 6.09. The van der Waals surface area contributed by atoms with E-state index in [-0.39, 0.29) is 10.8 Å². The molecule has 1 aromatic heterocycles. The fourth-order valence-corrected chi connectivity index (χ4v) is 9.82. The molecule has 0 radical (unpaired) electrons. The summed E-state index contributed by atoms with van der Waals surface area (Å²) in [6.45, 7) is 9.41. The Kier molecular flexibility index (Phi) is 6.98. The molecule has 0 fully saturated rings. The van der Waals surface area contributed by atoms with E-state index in [4.69, 9.17) is 4.42 Å². The third kappa shape index (κ3) is 4.69. The van der Waals surface area contributed by atoms with Crippen molar-refractivity contribution in [1.29, 1.82) is 0 Å². The van der Waals surface area contributed by atoms with E-state index in [1.165, 1.54) is 61.3 Å². The Morgan fingerprint density at radius 2 is 1.00 bits per heavy atom. The second-order valence-electron chi connectivity index (χ2n) is 16.5. The van der Waals surface area contributed by atoms with E-state index in [1.54, 1.807) is 0 Å². The van der Waals surface area contributed by atoms with Crippen LogP contribution in [0.25, 0.3) is 66.4 Å². The Morgan fingerprint density at radius 1 is 0.393 bits per heavy atom. The zero-order valence-electron chi connectivity index (χ0n) is 32.1. The molecular weight excluding hydrogens is 679 g/mol. The lowest BCUT2D eigenvalue weighted by Crippen LogP contribution is -2.16. The van der Waals surface area contributed by atoms with Gasteiger partial charge in [-0.2, -0.15) is 0 Å². The predicted molar refractivity (Wildman–Crippen MR) is 234 cm³/mol. The van der Waals surface area contributed by atoms with Gasteiger partial charge in [0.1, 0.15) is 11.2 Å². The number of hydrogen-bond acceptors (Lipinski definition) is 2. The largest absolute Gasteiger partial charge is 0.455 e. The maximum absolute atomic E-state index is 6.53. The molecule has 2 nitrogen and oxygen atoms in total. The van der Waals surface area contributed by atoms with E-state index >= 15 is 0 Å². The third-order valence-electron chi connectivity index (χ3n) is 12.7. The molecule has 11 rings (SSSR count). The molecule has 0 saturated carbocycles. The van der Waals surface area contributed by atoms with Crippen LogP contribution in [-0.2, 0) is 10.8 Å². The molecule has 0 unspecified atom stereocenters. The minimum Gasteiger partial charge on any atom is -0.455 e. The van der Waals surface area contributed by atoms with Crippen molar-refractivity contribution in [3.8, 4) is 44.5 Å². The van der Waals surface area contributed by atoms with Gasteiger partial charge in [0.2, 0.25) is 0 Å². The topological polar surface area (TPSA) is 16.4 Å². The van der Waals surface area contributed by atoms with Gasteiger partial charge in [-0.3, -0.25) is 0 Å². The molecule has 56 heavy (non-hydrogen) atoms. The van der Waals surface area contributed by atoms with E-state index in [0.717, 1.165) is 44.4 Å². The van der Waals surface area contributed by atoms with Crippen molar-refractivity contribution < 1.29 is 4.42 Å². The molecule has 0 bridgehead atoms. The van der Waals surface area contributed by atoms with Gasteiger partial charge in [-0.05, 0) is 98.1 Å². The van der Waals surface area contributed by atoms with Crippen LogP contribution < -0.4 is 4.90 Å². The Morgan fingerprint density at radius 3 is 1.84 bits per heavy atom. The van der Waals surface area contributed by atoms with Crippen LogP contribution in [0.15, 0.2) is 180 Å². The highest BCUT2D eigenvalue weighted by Crippen LogP contribution is 2.55. The molecule has 9 aromatic rings. The van der Waals surface area contributed by atoms with Crippen molar-refractivity contribution in [2.24, 2.45) is 0 Å². The smallest absolute Gasteiger partial charge is 0.143 e. The van der Waals surface area contributed by atoms with Gasteiger partial charge in [-0.15, -0.1) is 0 Å². The van der Waals surface area contributed by atoms with E-state index < -0.39 is 0 Å². The number of para-hydroxylation sites is 2. The predicted octanol–water partition coefficient (Wildman–Crippen LogP) is 15.0. The lowest BCUT2D eigenvalue weighted by Gasteiger charge is -2.29. The molecule has 0 N–H and O–H groups in total. The van der Waals surface area contributed by atoms with Crippen molar-refractivity contribution in [2.75, 3.05) is 4.90 Å². The Labute approximate surface area is 328 Å². The number of hydrogen-bond donors (Lipinski definition) is 0. The summed E-state index contributed by atoms with van der Waals surface area (Å²) in [5.74, 6) is 0. The quantitative estimate of drug-likeness (QED) is 0.176. The first-order valence-corrected chi connectivity index (χ1v) is 19.7. The van der Waals surface area contributed by atoms with E-state index in [1.807, 2.05) is 6.07 Å². The molecule has 2 aliphatic carbocycles. The highest BCUT2D eigenvalue weighted by Gasteiger charge is 2.38. The first kappa shape index (κ1) is 32.8. The molecule has 268 valence electrons. The van der Waals surface area contributed by atoms with Crippen LogP contribution in [0.4, 0.5) is 17.1 Å². The molecule has 8 aromatic carbocycles. The molecule has 0 saturated heterocycles. The zero-order valence-corrected chi connectivity index (χ0v) is 32.1. The van der Waals surface area contributed by atoms with Gasteiger partial charge in [0.15, 0.2) is 0 Å². The maximum atomic E-state index is 6.53. The molecule has 2 heteroatoms. The second-order valence-corrected chi connectivity index (χ2v) is 16.5. The molecular formula is C54H41NO. The van der Waals surface area contributed by atoms with Gasteiger partial charge in [0.25, 0.3) is 0 Å². The lowest BCUT2D eigenvalue weighted by molar-refractivity contribution is 0.660. The van der Waals surface area contributed by atoms with Crippen LogP contribution >= 0.6 is 0 Å². The Bertz CT molecular complexity index is 3030. The van der Waals surface area contributed by atoms with Gasteiger partial charge >= 0.3 is 0 Å². The summed E-state index contributed by atoms with van der Waals surface area (Å²) in [7, 11) is 0. The molecule has 1 heterocycles. The monoisotopic (exact) mass is 719 g/mol. The average Bonchev–Trinajstić information content (AvgIpc) is 3.81. The Hall–Kier alpha value is -6.64. The summed E-state index contributed by atoms with van der Waals surface area (Å²) >= 11 is 0. The van der Waals surface area contributed by atoms with Crippen LogP contribution in [0.2, 0.25) is 0 Å². The first-order valence-electron chi connectivity index (χ1n) is 19.7. The van der Waals surface area contributed by atoms with Crippen LogP contribution in [0.5, 0.6) is 0 Å². The number of benzene rings is 8. The minimum atomic E-state index is -0.114. The van der Waals surface area contributed by atoms with E-state index in [9.17, 15) is 0 Å². The van der Waals surface area contributed by atoms with Gasteiger partial charge in [0, 0.05) is 44.1 Å². The standard InChI is InChI=1S/C54H41NO/c1-53(2)46-22-9-6-18-44(46)51-47(53)23-13-24-49(51)55(38-15-11-14-36(32-38)39-19-12-20-43-42-17-7-10-25-50(42)56-52(39)43)37-29-26-34(27-30-37)35-28-31-41-40-16-5-8-21-45(40)54(3,4)48(41)33-35/h5-33H,1-4H3. The molecule has 0 spiro atoms. The summed E-state index contributed by atoms with van der Waals surface area (Å²) in [6.07, 6.45) is 0. The van der Waals surface area contributed by atoms with Crippen LogP contribution in [0.3, 0.4) is 0 Å². The number of anilines is 3. The Balaban J connectivity index is 1.07. The van der Waals surface area contributed by atoms with Crippen LogP contribution in [0.1, 0.15) is 49.9 Å². The van der Waals surface area contributed by atoms with E-state index in [0.29, 0.717) is 0 Å².